The van der Waals surface area contributed by atoms with Gasteiger partial charge in [0.25, 0.3) is 0 Å². The normalized spacial score (nSPS) is 18.4. The van der Waals surface area contributed by atoms with Gasteiger partial charge in [0.1, 0.15) is 4.83 Å². The number of aromatic nitrogens is 4. The number of halogens is 1. The smallest absolute Gasteiger partial charge is 0.198 e. The number of carbonyl (C=O) groups is 1. The standard InChI is InChI=1S/C22H21BrN4O2S3/c1-4-22(2)9-14-16(10-29-22)32-19-17(14)18-25-26-21(27(18)20(24-19)30-3)31-11-15(28)12-5-7-13(23)8-6-12/h5-8H,4,9-11H2,1-3H3/t22-/m0/s1. The van der Waals surface area contributed by atoms with Crippen LogP contribution in [-0.4, -0.2) is 43.0 Å². The first-order valence-electron chi connectivity index (χ1n) is 10.2. The second kappa shape index (κ2) is 8.72. The Morgan fingerprint density at radius 2 is 2.06 bits per heavy atom. The van der Waals surface area contributed by atoms with E-state index in [1.165, 1.54) is 22.2 Å². The average molecular weight is 550 g/mol. The Labute approximate surface area is 206 Å². The van der Waals surface area contributed by atoms with E-state index in [9.17, 15) is 4.79 Å². The summed E-state index contributed by atoms with van der Waals surface area (Å²) in [5.41, 5.74) is 2.60. The summed E-state index contributed by atoms with van der Waals surface area (Å²) in [5, 5.41) is 11.6. The van der Waals surface area contributed by atoms with Gasteiger partial charge in [0, 0.05) is 21.3 Å². The summed E-state index contributed by atoms with van der Waals surface area (Å²) in [6, 6.07) is 7.42. The van der Waals surface area contributed by atoms with Crippen LogP contribution in [0.4, 0.5) is 0 Å². The van der Waals surface area contributed by atoms with Gasteiger partial charge in [-0.25, -0.2) is 9.38 Å². The van der Waals surface area contributed by atoms with Crippen LogP contribution in [0.1, 0.15) is 41.1 Å². The highest BCUT2D eigenvalue weighted by molar-refractivity contribution is 9.10. The zero-order valence-corrected chi connectivity index (χ0v) is 21.9. The number of hydrogen-bond acceptors (Lipinski definition) is 8. The molecule has 0 saturated heterocycles. The lowest BCUT2D eigenvalue weighted by atomic mass is 9.90. The molecule has 6 nitrogen and oxygen atoms in total. The van der Waals surface area contributed by atoms with Crippen molar-refractivity contribution >= 4 is 72.4 Å². The number of Topliss-reactive ketones (excluding diaryl/α,β-unsaturated/α-hetero) is 1. The molecule has 1 aliphatic rings. The molecule has 166 valence electrons. The molecule has 0 unspecified atom stereocenters. The molecule has 0 bridgehead atoms. The van der Waals surface area contributed by atoms with Gasteiger partial charge in [0.2, 0.25) is 0 Å². The molecule has 1 aliphatic heterocycles. The number of benzene rings is 1. The molecule has 0 spiro atoms. The zero-order valence-electron chi connectivity index (χ0n) is 17.8. The Balaban J connectivity index is 1.54. The number of fused-ring (bicyclic) bond motifs is 5. The van der Waals surface area contributed by atoms with Crippen LogP contribution in [0.2, 0.25) is 0 Å². The number of rotatable bonds is 6. The van der Waals surface area contributed by atoms with Gasteiger partial charge in [0.05, 0.1) is 23.3 Å². The minimum Gasteiger partial charge on any atom is -0.369 e. The zero-order chi connectivity index (χ0) is 22.5. The lowest BCUT2D eigenvalue weighted by Crippen LogP contribution is -2.33. The third-order valence-corrected chi connectivity index (χ3v) is 9.05. The Bertz CT molecular complexity index is 1330. The van der Waals surface area contributed by atoms with Gasteiger partial charge in [-0.2, -0.15) is 0 Å². The maximum Gasteiger partial charge on any atom is 0.198 e. The highest BCUT2D eigenvalue weighted by Crippen LogP contribution is 2.42. The molecular formula is C22H21BrN4O2S3. The number of hydrogen-bond donors (Lipinski definition) is 0. The molecule has 0 saturated carbocycles. The van der Waals surface area contributed by atoms with Gasteiger partial charge in [-0.05, 0) is 37.3 Å². The van der Waals surface area contributed by atoms with E-state index in [2.05, 4.69) is 40.0 Å². The van der Waals surface area contributed by atoms with E-state index in [1.807, 2.05) is 34.9 Å². The second-order valence-corrected chi connectivity index (χ2v) is 11.6. The van der Waals surface area contributed by atoms with Crippen LogP contribution in [0.3, 0.4) is 0 Å². The van der Waals surface area contributed by atoms with E-state index in [0.29, 0.717) is 17.3 Å². The number of ether oxygens (including phenoxy) is 1. The van der Waals surface area contributed by atoms with Crippen molar-refractivity contribution in [1.29, 1.82) is 0 Å². The van der Waals surface area contributed by atoms with E-state index in [1.54, 1.807) is 23.1 Å². The van der Waals surface area contributed by atoms with Gasteiger partial charge in [-0.1, -0.05) is 58.5 Å². The Morgan fingerprint density at radius 3 is 2.78 bits per heavy atom. The van der Waals surface area contributed by atoms with Crippen molar-refractivity contribution in [2.24, 2.45) is 0 Å². The summed E-state index contributed by atoms with van der Waals surface area (Å²) in [6.07, 6.45) is 3.79. The van der Waals surface area contributed by atoms with Crippen molar-refractivity contribution < 1.29 is 9.53 Å². The van der Waals surface area contributed by atoms with Crippen LogP contribution in [0.5, 0.6) is 0 Å². The predicted molar refractivity (Wildman–Crippen MR) is 134 cm³/mol. The Hall–Kier alpha value is -1.46. The van der Waals surface area contributed by atoms with Crippen molar-refractivity contribution in [2.45, 2.75) is 49.2 Å². The molecule has 4 heterocycles. The van der Waals surface area contributed by atoms with Gasteiger partial charge in [-0.3, -0.25) is 4.79 Å². The van der Waals surface area contributed by atoms with Crippen LogP contribution in [0.25, 0.3) is 15.9 Å². The monoisotopic (exact) mass is 548 g/mol. The molecule has 0 radical (unpaired) electrons. The van der Waals surface area contributed by atoms with Crippen LogP contribution in [0.15, 0.2) is 39.1 Å². The quantitative estimate of drug-likeness (QED) is 0.165. The lowest BCUT2D eigenvalue weighted by Gasteiger charge is -2.32. The largest absolute Gasteiger partial charge is 0.369 e. The average Bonchev–Trinajstić information content (AvgIpc) is 3.38. The number of thioether (sulfide) groups is 2. The molecule has 32 heavy (non-hydrogen) atoms. The molecule has 0 aliphatic carbocycles. The Kier molecular flexibility index (Phi) is 6.08. The molecule has 3 aromatic heterocycles. The minimum atomic E-state index is -0.176. The number of nitrogens with zero attached hydrogens (tertiary/aromatic N) is 4. The van der Waals surface area contributed by atoms with Crippen LogP contribution in [0, 0.1) is 0 Å². The summed E-state index contributed by atoms with van der Waals surface area (Å²) in [7, 11) is 0. The van der Waals surface area contributed by atoms with Crippen molar-refractivity contribution in [3.05, 3.63) is 44.7 Å². The summed E-state index contributed by atoms with van der Waals surface area (Å²) in [5.74, 6) is 0.348. The van der Waals surface area contributed by atoms with Gasteiger partial charge >= 0.3 is 0 Å². The molecule has 4 aromatic rings. The lowest BCUT2D eigenvalue weighted by molar-refractivity contribution is -0.0542. The van der Waals surface area contributed by atoms with E-state index >= 15 is 0 Å². The molecule has 0 N–H and O–H groups in total. The van der Waals surface area contributed by atoms with E-state index in [0.717, 1.165) is 38.3 Å². The number of ketones is 1. The SMILES string of the molecule is CC[C@@]1(C)Cc2c(sc3nc(SC)n4c(SCC(=O)c5ccc(Br)cc5)nnc4c23)CO1. The molecule has 0 fully saturated rings. The van der Waals surface area contributed by atoms with Crippen molar-refractivity contribution in [1.82, 2.24) is 19.6 Å². The van der Waals surface area contributed by atoms with Crippen molar-refractivity contribution in [3.63, 3.8) is 0 Å². The van der Waals surface area contributed by atoms with Gasteiger partial charge < -0.3 is 4.74 Å². The summed E-state index contributed by atoms with van der Waals surface area (Å²) >= 11 is 8.05. The summed E-state index contributed by atoms with van der Waals surface area (Å²) < 4.78 is 9.10. The van der Waals surface area contributed by atoms with Gasteiger partial charge in [0.15, 0.2) is 21.7 Å². The van der Waals surface area contributed by atoms with E-state index in [-0.39, 0.29) is 17.1 Å². The Morgan fingerprint density at radius 1 is 1.28 bits per heavy atom. The highest BCUT2D eigenvalue weighted by atomic mass is 79.9. The fraction of sp³-hybridized carbons (Fsp3) is 0.364. The maximum absolute atomic E-state index is 12.7. The van der Waals surface area contributed by atoms with Crippen LogP contribution >= 0.6 is 50.8 Å². The number of thiophene rings is 1. The van der Waals surface area contributed by atoms with Crippen molar-refractivity contribution in [3.8, 4) is 0 Å². The summed E-state index contributed by atoms with van der Waals surface area (Å²) in [4.78, 5) is 19.8. The highest BCUT2D eigenvalue weighted by Gasteiger charge is 2.33. The summed E-state index contributed by atoms with van der Waals surface area (Å²) in [6.45, 7) is 4.94. The third kappa shape index (κ3) is 3.90. The van der Waals surface area contributed by atoms with Gasteiger partial charge in [-0.15, -0.1) is 21.5 Å². The molecule has 1 atom stereocenters. The molecule has 5 rings (SSSR count). The first kappa shape index (κ1) is 22.3. The fourth-order valence-corrected chi connectivity index (χ4v) is 6.67. The number of carbonyl (C=O) groups excluding carboxylic acids is 1. The second-order valence-electron chi connectivity index (χ2n) is 7.91. The minimum absolute atomic E-state index is 0.0581. The van der Waals surface area contributed by atoms with Crippen LogP contribution in [-0.2, 0) is 17.8 Å². The van der Waals surface area contributed by atoms with Crippen molar-refractivity contribution in [2.75, 3.05) is 12.0 Å². The first-order chi connectivity index (χ1) is 15.4. The van der Waals surface area contributed by atoms with E-state index < -0.39 is 0 Å². The molecular weight excluding hydrogens is 528 g/mol. The maximum atomic E-state index is 12.7. The third-order valence-electron chi connectivity index (χ3n) is 5.85. The van der Waals surface area contributed by atoms with Crippen LogP contribution < -0.4 is 0 Å². The first-order valence-corrected chi connectivity index (χ1v) is 14.0. The predicted octanol–water partition coefficient (Wildman–Crippen LogP) is 6.04. The van der Waals surface area contributed by atoms with E-state index in [4.69, 9.17) is 9.72 Å². The molecule has 10 heteroatoms. The molecule has 1 aromatic carbocycles. The topological polar surface area (TPSA) is 69.4 Å². The molecule has 0 amide bonds. The fourth-order valence-electron chi connectivity index (χ4n) is 3.82.